The van der Waals surface area contributed by atoms with Crippen LogP contribution in [-0.4, -0.2) is 169 Å². The van der Waals surface area contributed by atoms with E-state index in [0.29, 0.717) is 12.8 Å². The van der Waals surface area contributed by atoms with Crippen molar-refractivity contribution in [2.75, 3.05) is 25.1 Å². The molecule has 1 aromatic rings. The van der Waals surface area contributed by atoms with Crippen molar-refractivity contribution in [1.29, 1.82) is 0 Å². The number of nitrogens with one attached hydrogen (secondary N) is 1. The highest BCUT2D eigenvalue weighted by Crippen LogP contribution is 2.34. The van der Waals surface area contributed by atoms with Gasteiger partial charge in [-0.2, -0.15) is 0 Å². The summed E-state index contributed by atoms with van der Waals surface area (Å²) in [4.78, 5) is 12.1. The van der Waals surface area contributed by atoms with Crippen molar-refractivity contribution in [3.8, 4) is 18.1 Å². The largest absolute Gasteiger partial charge is 0.462 e. The lowest BCUT2D eigenvalue weighted by atomic mass is 9.96. The fourth-order valence-electron chi connectivity index (χ4n) is 5.72. The Morgan fingerprint density at radius 1 is 0.760 bits per heavy atom. The number of carbonyl (C=O) groups excluding carboxylic acids is 1. The van der Waals surface area contributed by atoms with E-state index in [4.69, 9.17) is 34.8 Å². The molecule has 3 fully saturated rings. The van der Waals surface area contributed by atoms with E-state index >= 15 is 0 Å². The van der Waals surface area contributed by atoms with Crippen LogP contribution in [0.4, 0.5) is 10.1 Å². The summed E-state index contributed by atoms with van der Waals surface area (Å²) in [5.74, 6) is 1.97. The number of carbonyl (C=O) groups is 1. The number of hydrogen-bond acceptors (Lipinski definition) is 17. The van der Waals surface area contributed by atoms with Gasteiger partial charge in [-0.05, 0) is 24.6 Å². The molecule has 282 valence electrons. The molecule has 4 rings (SSSR count). The number of terminal acetylenes is 1. The van der Waals surface area contributed by atoms with Crippen LogP contribution >= 0.6 is 0 Å². The molecule has 1 amide bonds. The number of hydrogen-bond donors (Lipinski definition) is 11. The number of ether oxygens (including phenoxy) is 6. The van der Waals surface area contributed by atoms with E-state index in [0.717, 1.165) is 0 Å². The summed E-state index contributed by atoms with van der Waals surface area (Å²) in [7, 11) is 0. The minimum atomic E-state index is -1.99. The third kappa shape index (κ3) is 9.05. The number of aliphatic hydroxyl groups excluding tert-OH is 10. The summed E-state index contributed by atoms with van der Waals surface area (Å²) in [6.45, 7) is -3.54. The summed E-state index contributed by atoms with van der Waals surface area (Å²) in [6.07, 6.45) is -19.8. The second-order valence-corrected chi connectivity index (χ2v) is 12.0. The molecule has 15 atom stereocenters. The van der Waals surface area contributed by atoms with Crippen LogP contribution in [0.25, 0.3) is 0 Å². The lowest BCUT2D eigenvalue weighted by Crippen LogP contribution is -2.66. The van der Waals surface area contributed by atoms with Crippen molar-refractivity contribution >= 4 is 11.6 Å². The molecule has 19 heteroatoms. The van der Waals surface area contributed by atoms with Crippen LogP contribution in [0, 0.1) is 12.3 Å². The zero-order valence-corrected chi connectivity index (χ0v) is 26.6. The van der Waals surface area contributed by atoms with Crippen LogP contribution in [0.1, 0.15) is 24.8 Å². The van der Waals surface area contributed by atoms with Crippen LogP contribution in [0.3, 0.4) is 0 Å². The van der Waals surface area contributed by atoms with Gasteiger partial charge in [-0.1, -0.05) is 0 Å². The number of unbranched alkanes of at least 4 members (excludes halogenated alkanes) is 1. The molecule has 0 spiro atoms. The van der Waals surface area contributed by atoms with E-state index in [9.17, 15) is 60.3 Å². The fraction of sp³-hybridized carbons (Fsp3) is 0.710. The van der Waals surface area contributed by atoms with Gasteiger partial charge in [-0.25, -0.2) is 4.39 Å². The Morgan fingerprint density at radius 2 is 1.28 bits per heavy atom. The molecule has 0 bridgehead atoms. The lowest BCUT2D eigenvalue weighted by Gasteiger charge is -2.48. The number of aliphatic hydroxyl groups is 10. The van der Waals surface area contributed by atoms with Gasteiger partial charge in [-0.3, -0.25) is 4.79 Å². The van der Waals surface area contributed by atoms with Gasteiger partial charge >= 0.3 is 0 Å². The Hall–Kier alpha value is -2.62. The standard InChI is InChI=1S/C31H44FNO17/c1-2-3-4-5-19(37)33-14-6-7-15(13(8-14)9-32)45-29-25(43)22(40)27(17(11-35)47-29)50-31-26(44)23(41)28(18(12-36)48-31)49-30-24(42)21(39)20(38)16(10-34)46-30/h1,6-8,16-18,20-31,34-36,38-44H,3-5,9-12H2,(H,33,37)/t16?,17?,18?,20-,21+,22-,23-,24?,25?,26?,27+,28+,29-,30-,31-/m1/s1. The molecular weight excluding hydrogens is 677 g/mol. The summed E-state index contributed by atoms with van der Waals surface area (Å²) >= 11 is 0. The quantitative estimate of drug-likeness (QED) is 0.0640. The van der Waals surface area contributed by atoms with E-state index in [-0.39, 0.29) is 29.3 Å². The number of amides is 1. The Labute approximate surface area is 285 Å². The predicted octanol–water partition coefficient (Wildman–Crippen LogP) is -4.27. The van der Waals surface area contributed by atoms with E-state index in [1.54, 1.807) is 0 Å². The average Bonchev–Trinajstić information content (AvgIpc) is 3.11. The maximum Gasteiger partial charge on any atom is 0.229 e. The molecule has 0 saturated carbocycles. The Morgan fingerprint density at radius 3 is 1.82 bits per heavy atom. The normalized spacial score (nSPS) is 39.0. The SMILES string of the molecule is C#CCCCC(=O)Nc1ccc(O[C@@H]2OC(CO)[C@H](O[C@H]3OC(CO)[C@H](O[C@H]4OC(CO)[C@@H](O)[C@H](O)C4O)[C@H](O)C3O)[C@H](O)C2O)c(CF)c1. The number of halogens is 1. The van der Waals surface area contributed by atoms with Crippen molar-refractivity contribution in [3.63, 3.8) is 0 Å². The third-order valence-corrected chi connectivity index (χ3v) is 8.53. The molecule has 0 radical (unpaired) electrons. The first-order chi connectivity index (χ1) is 23.9. The van der Waals surface area contributed by atoms with Gasteiger partial charge in [0.15, 0.2) is 12.6 Å². The average molecular weight is 722 g/mol. The minimum absolute atomic E-state index is 0.0427. The molecule has 11 N–H and O–H groups in total. The van der Waals surface area contributed by atoms with E-state index < -0.39 is 119 Å². The van der Waals surface area contributed by atoms with Crippen LogP contribution in [0.5, 0.6) is 5.75 Å². The third-order valence-electron chi connectivity index (χ3n) is 8.53. The van der Waals surface area contributed by atoms with Gasteiger partial charge in [0.1, 0.15) is 85.7 Å². The molecule has 50 heavy (non-hydrogen) atoms. The Bertz CT molecular complexity index is 1280. The van der Waals surface area contributed by atoms with Crippen molar-refractivity contribution in [2.24, 2.45) is 0 Å². The van der Waals surface area contributed by atoms with E-state index in [2.05, 4.69) is 11.2 Å². The van der Waals surface area contributed by atoms with Crippen LogP contribution < -0.4 is 10.1 Å². The molecule has 1 aromatic carbocycles. The van der Waals surface area contributed by atoms with Crippen molar-refractivity contribution in [3.05, 3.63) is 23.8 Å². The minimum Gasteiger partial charge on any atom is -0.462 e. The Balaban J connectivity index is 1.41. The smallest absolute Gasteiger partial charge is 0.229 e. The number of anilines is 1. The maximum absolute atomic E-state index is 14.0. The molecule has 3 aliphatic rings. The first-order valence-electron chi connectivity index (χ1n) is 15.8. The molecule has 3 heterocycles. The van der Waals surface area contributed by atoms with Gasteiger partial charge in [0, 0.05) is 24.1 Å². The van der Waals surface area contributed by atoms with Gasteiger partial charge in [0.05, 0.1) is 19.8 Å². The van der Waals surface area contributed by atoms with E-state index in [1.165, 1.54) is 18.2 Å². The van der Waals surface area contributed by atoms with Gasteiger partial charge in [0.2, 0.25) is 12.2 Å². The predicted molar refractivity (Wildman–Crippen MR) is 162 cm³/mol. The van der Waals surface area contributed by atoms with Gasteiger partial charge < -0.3 is 84.8 Å². The van der Waals surface area contributed by atoms with Crippen molar-refractivity contribution in [2.45, 2.75) is 118 Å². The summed E-state index contributed by atoms with van der Waals surface area (Å²) < 4.78 is 47.2. The molecule has 0 aliphatic carbocycles. The first kappa shape index (κ1) is 40.2. The molecule has 0 aromatic heterocycles. The van der Waals surface area contributed by atoms with Gasteiger partial charge in [-0.15, -0.1) is 12.3 Å². The molecular formula is C31H44FNO17. The molecule has 3 saturated heterocycles. The van der Waals surface area contributed by atoms with Crippen molar-refractivity contribution in [1.82, 2.24) is 0 Å². The monoisotopic (exact) mass is 721 g/mol. The number of alkyl halides is 1. The topological polar surface area (TPSA) is 287 Å². The molecule has 6 unspecified atom stereocenters. The number of benzene rings is 1. The molecule has 18 nitrogen and oxygen atoms in total. The lowest BCUT2D eigenvalue weighted by molar-refractivity contribution is -0.376. The van der Waals surface area contributed by atoms with Crippen LogP contribution in [-0.2, 0) is 35.2 Å². The zero-order valence-electron chi connectivity index (χ0n) is 26.6. The highest BCUT2D eigenvalue weighted by molar-refractivity contribution is 5.90. The second-order valence-electron chi connectivity index (χ2n) is 12.0. The second kappa shape index (κ2) is 18.2. The maximum atomic E-state index is 14.0. The summed E-state index contributed by atoms with van der Waals surface area (Å²) in [5, 5.41) is 106. The van der Waals surface area contributed by atoms with Crippen LogP contribution in [0.2, 0.25) is 0 Å². The number of rotatable bonds is 14. The van der Waals surface area contributed by atoms with Crippen molar-refractivity contribution < 1.29 is 88.7 Å². The first-order valence-corrected chi connectivity index (χ1v) is 15.8. The molecule has 3 aliphatic heterocycles. The summed E-state index contributed by atoms with van der Waals surface area (Å²) in [5.41, 5.74) is 0.219. The Kier molecular flexibility index (Phi) is 14.6. The zero-order chi connectivity index (χ0) is 36.7. The highest BCUT2D eigenvalue weighted by atomic mass is 19.1. The van der Waals surface area contributed by atoms with E-state index in [1.807, 2.05) is 0 Å². The van der Waals surface area contributed by atoms with Gasteiger partial charge in [0.25, 0.3) is 0 Å². The summed E-state index contributed by atoms with van der Waals surface area (Å²) in [6, 6.07) is 4.01. The highest BCUT2D eigenvalue weighted by Gasteiger charge is 2.53. The fourth-order valence-corrected chi connectivity index (χ4v) is 5.72. The van der Waals surface area contributed by atoms with Crippen LogP contribution in [0.15, 0.2) is 18.2 Å².